The van der Waals surface area contributed by atoms with Gasteiger partial charge in [0.2, 0.25) is 0 Å². The highest BCUT2D eigenvalue weighted by Gasteiger charge is 2.32. The Kier molecular flexibility index (Phi) is 5.50. The van der Waals surface area contributed by atoms with Gasteiger partial charge in [0.25, 0.3) is 0 Å². The molecule has 8 heteroatoms. The summed E-state index contributed by atoms with van der Waals surface area (Å²) in [5, 5.41) is 0. The lowest BCUT2D eigenvalue weighted by Crippen LogP contribution is -2.36. The van der Waals surface area contributed by atoms with Crippen LogP contribution in [0.5, 0.6) is 0 Å². The van der Waals surface area contributed by atoms with E-state index >= 15 is 0 Å². The lowest BCUT2D eigenvalue weighted by Gasteiger charge is -2.33. The second-order valence-corrected chi connectivity index (χ2v) is 6.97. The standard InChI is InChI=1S/C18H24F3N5/c1-24(2)10-11-25-9-7-23-17(25)14-4-3-8-26(13-14)16-12-15(5-6-22-16)18(19,20)21/h5-7,9,12,14H,3-4,8,10-11,13H2,1-2H3. The number of pyridine rings is 1. The first kappa shape index (κ1) is 18.7. The molecule has 0 amide bonds. The number of hydrogen-bond donors (Lipinski definition) is 0. The quantitative estimate of drug-likeness (QED) is 0.813. The van der Waals surface area contributed by atoms with Gasteiger partial charge in [0, 0.05) is 50.7 Å². The Labute approximate surface area is 151 Å². The SMILES string of the molecule is CN(C)CCn1ccnc1C1CCCN(c2cc(C(F)(F)F)ccn2)C1. The number of piperidine rings is 1. The van der Waals surface area contributed by atoms with Gasteiger partial charge in [0.15, 0.2) is 0 Å². The van der Waals surface area contributed by atoms with Crippen LogP contribution >= 0.6 is 0 Å². The van der Waals surface area contributed by atoms with E-state index in [1.165, 1.54) is 6.20 Å². The van der Waals surface area contributed by atoms with Crippen LogP contribution in [0.1, 0.15) is 30.1 Å². The Hall–Kier alpha value is -2.09. The van der Waals surface area contributed by atoms with Crippen molar-refractivity contribution in [2.75, 3.05) is 38.6 Å². The van der Waals surface area contributed by atoms with E-state index < -0.39 is 11.7 Å². The summed E-state index contributed by atoms with van der Waals surface area (Å²) in [6.07, 6.45) is 2.54. The fraction of sp³-hybridized carbons (Fsp3) is 0.556. The zero-order valence-corrected chi connectivity index (χ0v) is 15.1. The number of halogens is 3. The van der Waals surface area contributed by atoms with Crippen LogP contribution in [0.2, 0.25) is 0 Å². The summed E-state index contributed by atoms with van der Waals surface area (Å²) < 4.78 is 41.1. The average Bonchev–Trinajstić information content (AvgIpc) is 3.08. The van der Waals surface area contributed by atoms with Gasteiger partial charge in [-0.25, -0.2) is 9.97 Å². The molecule has 142 valence electrons. The van der Waals surface area contributed by atoms with Crippen molar-refractivity contribution in [3.8, 4) is 0 Å². The highest BCUT2D eigenvalue weighted by atomic mass is 19.4. The maximum Gasteiger partial charge on any atom is 0.416 e. The number of anilines is 1. The molecule has 0 saturated carbocycles. The van der Waals surface area contributed by atoms with Gasteiger partial charge in [-0.1, -0.05) is 0 Å². The maximum absolute atomic E-state index is 13.0. The average molecular weight is 367 g/mol. The van der Waals surface area contributed by atoms with Gasteiger partial charge in [-0.05, 0) is 39.1 Å². The third-order valence-corrected chi connectivity index (χ3v) is 4.72. The molecule has 1 aliphatic rings. The molecule has 0 N–H and O–H groups in total. The number of alkyl halides is 3. The third kappa shape index (κ3) is 4.35. The minimum atomic E-state index is -4.35. The van der Waals surface area contributed by atoms with Crippen LogP contribution in [0.15, 0.2) is 30.7 Å². The van der Waals surface area contributed by atoms with Crippen molar-refractivity contribution in [1.82, 2.24) is 19.4 Å². The van der Waals surface area contributed by atoms with E-state index in [-0.39, 0.29) is 5.92 Å². The van der Waals surface area contributed by atoms with E-state index in [2.05, 4.69) is 19.4 Å². The lowest BCUT2D eigenvalue weighted by atomic mass is 9.97. The van der Waals surface area contributed by atoms with Crippen LogP contribution in [-0.4, -0.2) is 53.2 Å². The molecule has 1 unspecified atom stereocenters. The van der Waals surface area contributed by atoms with Crippen molar-refractivity contribution in [1.29, 1.82) is 0 Å². The smallest absolute Gasteiger partial charge is 0.356 e. The molecule has 26 heavy (non-hydrogen) atoms. The number of aromatic nitrogens is 3. The van der Waals surface area contributed by atoms with E-state index in [0.29, 0.717) is 18.9 Å². The Morgan fingerprint density at radius 2 is 2.04 bits per heavy atom. The molecule has 0 aromatic carbocycles. The zero-order valence-electron chi connectivity index (χ0n) is 15.1. The van der Waals surface area contributed by atoms with Crippen LogP contribution in [0.4, 0.5) is 19.0 Å². The Morgan fingerprint density at radius 1 is 1.23 bits per heavy atom. The second-order valence-electron chi connectivity index (χ2n) is 6.97. The molecule has 1 fully saturated rings. The van der Waals surface area contributed by atoms with Gasteiger partial charge in [-0.3, -0.25) is 0 Å². The molecular formula is C18H24F3N5. The van der Waals surface area contributed by atoms with Gasteiger partial charge < -0.3 is 14.4 Å². The number of hydrogen-bond acceptors (Lipinski definition) is 4. The molecule has 3 heterocycles. The zero-order chi connectivity index (χ0) is 18.7. The molecular weight excluding hydrogens is 343 g/mol. The summed E-state index contributed by atoms with van der Waals surface area (Å²) >= 11 is 0. The summed E-state index contributed by atoms with van der Waals surface area (Å²) in [4.78, 5) is 12.7. The van der Waals surface area contributed by atoms with Crippen LogP contribution < -0.4 is 4.90 Å². The predicted octanol–water partition coefficient (Wildman–Crippen LogP) is 3.24. The first-order chi connectivity index (χ1) is 12.3. The van der Waals surface area contributed by atoms with E-state index in [9.17, 15) is 13.2 Å². The molecule has 3 rings (SSSR count). The van der Waals surface area contributed by atoms with Crippen molar-refractivity contribution in [2.45, 2.75) is 31.5 Å². The minimum absolute atomic E-state index is 0.192. The molecule has 0 aliphatic carbocycles. The largest absolute Gasteiger partial charge is 0.416 e. The molecule has 2 aromatic rings. The molecule has 2 aromatic heterocycles. The van der Waals surface area contributed by atoms with Crippen LogP contribution in [0.3, 0.4) is 0 Å². The van der Waals surface area contributed by atoms with Crippen LogP contribution in [-0.2, 0) is 12.7 Å². The maximum atomic E-state index is 13.0. The number of nitrogens with zero attached hydrogens (tertiary/aromatic N) is 5. The first-order valence-electron chi connectivity index (χ1n) is 8.78. The van der Waals surface area contributed by atoms with Crippen molar-refractivity contribution in [2.24, 2.45) is 0 Å². The molecule has 5 nitrogen and oxygen atoms in total. The van der Waals surface area contributed by atoms with Crippen molar-refractivity contribution >= 4 is 5.82 Å². The molecule has 1 aliphatic heterocycles. The van der Waals surface area contributed by atoms with E-state index in [0.717, 1.165) is 43.9 Å². The Morgan fingerprint density at radius 3 is 2.77 bits per heavy atom. The highest BCUT2D eigenvalue weighted by molar-refractivity contribution is 5.43. The highest BCUT2D eigenvalue weighted by Crippen LogP contribution is 2.33. The topological polar surface area (TPSA) is 37.2 Å². The van der Waals surface area contributed by atoms with Crippen LogP contribution in [0.25, 0.3) is 0 Å². The molecule has 0 bridgehead atoms. The Bertz CT molecular complexity index is 726. The van der Waals surface area contributed by atoms with E-state index in [4.69, 9.17) is 0 Å². The van der Waals surface area contributed by atoms with Gasteiger partial charge in [0.1, 0.15) is 11.6 Å². The van der Waals surface area contributed by atoms with Crippen molar-refractivity contribution < 1.29 is 13.2 Å². The van der Waals surface area contributed by atoms with Gasteiger partial charge in [-0.15, -0.1) is 0 Å². The van der Waals surface area contributed by atoms with Crippen molar-refractivity contribution in [3.63, 3.8) is 0 Å². The fourth-order valence-electron chi connectivity index (χ4n) is 3.34. The summed E-state index contributed by atoms with van der Waals surface area (Å²) in [5.41, 5.74) is -0.655. The van der Waals surface area contributed by atoms with E-state index in [1.807, 2.05) is 25.2 Å². The predicted molar refractivity (Wildman–Crippen MR) is 94.2 cm³/mol. The Balaban J connectivity index is 1.75. The second kappa shape index (κ2) is 7.65. The lowest BCUT2D eigenvalue weighted by molar-refractivity contribution is -0.137. The summed E-state index contributed by atoms with van der Waals surface area (Å²) in [7, 11) is 4.05. The fourth-order valence-corrected chi connectivity index (χ4v) is 3.34. The minimum Gasteiger partial charge on any atom is -0.356 e. The molecule has 1 atom stereocenters. The monoisotopic (exact) mass is 367 g/mol. The summed E-state index contributed by atoms with van der Waals surface area (Å²) in [5.74, 6) is 1.58. The van der Waals surface area contributed by atoms with Gasteiger partial charge in [0.05, 0.1) is 5.56 Å². The normalized spacial score (nSPS) is 18.5. The number of imidazole rings is 1. The van der Waals surface area contributed by atoms with E-state index in [1.54, 1.807) is 6.20 Å². The number of likely N-dealkylation sites (N-methyl/N-ethyl adjacent to an activating group) is 1. The van der Waals surface area contributed by atoms with Gasteiger partial charge in [-0.2, -0.15) is 13.2 Å². The first-order valence-corrected chi connectivity index (χ1v) is 8.78. The third-order valence-electron chi connectivity index (χ3n) is 4.72. The van der Waals surface area contributed by atoms with Gasteiger partial charge >= 0.3 is 6.18 Å². The number of rotatable bonds is 5. The molecule has 0 radical (unpaired) electrons. The molecule has 0 spiro atoms. The summed E-state index contributed by atoms with van der Waals surface area (Å²) in [6, 6.07) is 2.15. The molecule has 1 saturated heterocycles. The van der Waals surface area contributed by atoms with Crippen molar-refractivity contribution in [3.05, 3.63) is 42.1 Å². The summed E-state index contributed by atoms with van der Waals surface area (Å²) in [6.45, 7) is 3.10. The van der Waals surface area contributed by atoms with Crippen LogP contribution in [0, 0.1) is 0 Å².